The number of aliphatic hydroxyl groups excluding tert-OH is 1. The number of aromatic nitrogens is 2. The molecule has 148 valence electrons. The maximum absolute atomic E-state index is 10.1. The molecular formula is C27H24N2O. The lowest BCUT2D eigenvalue weighted by Gasteiger charge is -2.31. The van der Waals surface area contributed by atoms with Crippen LogP contribution < -0.4 is 0 Å². The third kappa shape index (κ3) is 2.32. The van der Waals surface area contributed by atoms with Gasteiger partial charge < -0.3 is 15.1 Å². The second-order valence-electron chi connectivity index (χ2n) is 8.27. The molecule has 3 N–H and O–H groups in total. The van der Waals surface area contributed by atoms with Gasteiger partial charge in [0.05, 0.1) is 6.26 Å². The van der Waals surface area contributed by atoms with Gasteiger partial charge >= 0.3 is 0 Å². The maximum atomic E-state index is 10.1. The number of benzene rings is 2. The van der Waals surface area contributed by atoms with Gasteiger partial charge in [0.2, 0.25) is 0 Å². The molecule has 5 rings (SSSR count). The molecule has 0 atom stereocenters. The number of rotatable bonds is 2. The highest BCUT2D eigenvalue weighted by atomic mass is 16.2. The van der Waals surface area contributed by atoms with Gasteiger partial charge in [-0.05, 0) is 41.0 Å². The van der Waals surface area contributed by atoms with Crippen molar-refractivity contribution >= 4 is 40.0 Å². The van der Waals surface area contributed by atoms with Crippen LogP contribution in [0.25, 0.3) is 51.2 Å². The molecule has 2 aromatic heterocycles. The minimum Gasteiger partial charge on any atom is -0.515 e. The van der Waals surface area contributed by atoms with Crippen LogP contribution in [-0.2, 0) is 5.41 Å². The number of allylic oxidation sites excluding steroid dienone is 2. The van der Waals surface area contributed by atoms with Crippen molar-refractivity contribution in [3.8, 4) is 11.1 Å². The molecule has 0 saturated heterocycles. The van der Waals surface area contributed by atoms with E-state index in [9.17, 15) is 5.11 Å². The molecule has 30 heavy (non-hydrogen) atoms. The minimum absolute atomic E-state index is 0.424. The number of fused-ring (bicyclic) bond motifs is 7. The van der Waals surface area contributed by atoms with E-state index in [-0.39, 0.29) is 0 Å². The maximum Gasteiger partial charge on any atom is 0.0832 e. The molecule has 1 aliphatic carbocycles. The van der Waals surface area contributed by atoms with E-state index in [2.05, 4.69) is 67.3 Å². The van der Waals surface area contributed by atoms with Crippen LogP contribution in [-0.4, -0.2) is 15.1 Å². The highest BCUT2D eigenvalue weighted by Crippen LogP contribution is 2.48. The lowest BCUT2D eigenvalue weighted by Crippen LogP contribution is -2.22. The Balaban J connectivity index is 2.05. The number of para-hydroxylation sites is 1. The van der Waals surface area contributed by atoms with Gasteiger partial charge in [0, 0.05) is 49.7 Å². The summed E-state index contributed by atoms with van der Waals surface area (Å²) >= 11 is 0. The van der Waals surface area contributed by atoms with Gasteiger partial charge in [-0.25, -0.2) is 0 Å². The van der Waals surface area contributed by atoms with Gasteiger partial charge in [-0.3, -0.25) is 0 Å². The second kappa shape index (κ2) is 6.39. The van der Waals surface area contributed by atoms with Crippen LogP contribution in [0, 0.1) is 0 Å². The Kier molecular flexibility index (Phi) is 3.90. The summed E-state index contributed by atoms with van der Waals surface area (Å²) in [5.41, 5.74) is 9.01. The third-order valence-corrected chi connectivity index (χ3v) is 6.36. The molecule has 0 fully saturated rings. The Morgan fingerprint density at radius 2 is 1.73 bits per heavy atom. The molecule has 0 saturated carbocycles. The van der Waals surface area contributed by atoms with Crippen LogP contribution in [0.2, 0.25) is 0 Å². The Hall–Kier alpha value is -3.72. The zero-order valence-corrected chi connectivity index (χ0v) is 17.2. The summed E-state index contributed by atoms with van der Waals surface area (Å²) in [7, 11) is 0. The van der Waals surface area contributed by atoms with Gasteiger partial charge in [0.25, 0.3) is 0 Å². The second-order valence-corrected chi connectivity index (χ2v) is 8.27. The van der Waals surface area contributed by atoms with E-state index in [0.717, 1.165) is 44.7 Å². The van der Waals surface area contributed by atoms with Crippen LogP contribution in [0.1, 0.15) is 36.4 Å². The van der Waals surface area contributed by atoms with E-state index in [1.165, 1.54) is 22.6 Å². The molecule has 4 aromatic rings. The molecule has 0 unspecified atom stereocenters. The quantitative estimate of drug-likeness (QED) is 0.307. The largest absolute Gasteiger partial charge is 0.515 e. The molecule has 2 aromatic carbocycles. The topological polar surface area (TPSA) is 51.8 Å². The summed E-state index contributed by atoms with van der Waals surface area (Å²) in [5, 5.41) is 12.5. The van der Waals surface area contributed by atoms with Crippen LogP contribution in [0.4, 0.5) is 0 Å². The lowest BCUT2D eigenvalue weighted by molar-refractivity contribution is 0.454. The lowest BCUT2D eigenvalue weighted by atomic mass is 9.71. The van der Waals surface area contributed by atoms with Gasteiger partial charge in [-0.15, -0.1) is 0 Å². The average molecular weight is 393 g/mol. The van der Waals surface area contributed by atoms with Gasteiger partial charge in [0.15, 0.2) is 0 Å². The predicted octanol–water partition coefficient (Wildman–Crippen LogP) is 7.35. The monoisotopic (exact) mass is 392 g/mol. The summed E-state index contributed by atoms with van der Waals surface area (Å²) in [6, 6.07) is 12.7. The number of hydrogen-bond acceptors (Lipinski definition) is 1. The first-order valence-electron chi connectivity index (χ1n) is 10.1. The van der Waals surface area contributed by atoms with E-state index in [4.69, 9.17) is 0 Å². The highest BCUT2D eigenvalue weighted by Gasteiger charge is 2.34. The molecule has 0 spiro atoms. The van der Waals surface area contributed by atoms with Crippen molar-refractivity contribution in [3.63, 3.8) is 0 Å². The Morgan fingerprint density at radius 3 is 2.47 bits per heavy atom. The molecule has 3 nitrogen and oxygen atoms in total. The summed E-state index contributed by atoms with van der Waals surface area (Å²) in [6.45, 7) is 12.4. The average Bonchev–Trinajstić information content (AvgIpc) is 3.29. The van der Waals surface area contributed by atoms with Crippen molar-refractivity contribution < 1.29 is 5.11 Å². The molecule has 0 amide bonds. The van der Waals surface area contributed by atoms with E-state index >= 15 is 0 Å². The predicted molar refractivity (Wildman–Crippen MR) is 129 cm³/mol. The molecule has 2 heterocycles. The van der Waals surface area contributed by atoms with Crippen LogP contribution in [0.5, 0.6) is 0 Å². The van der Waals surface area contributed by atoms with Gasteiger partial charge in [0.1, 0.15) is 0 Å². The normalized spacial score (nSPS) is 17.3. The van der Waals surface area contributed by atoms with Crippen molar-refractivity contribution in [3.05, 3.63) is 90.0 Å². The van der Waals surface area contributed by atoms with Crippen molar-refractivity contribution in [2.75, 3.05) is 0 Å². The fourth-order valence-electron chi connectivity index (χ4n) is 4.87. The molecule has 1 aliphatic rings. The van der Waals surface area contributed by atoms with Crippen LogP contribution in [0.3, 0.4) is 0 Å². The van der Waals surface area contributed by atoms with E-state index in [0.29, 0.717) is 0 Å². The SMILES string of the molecule is C=Cc1[nH]c2c(c1C=C)-c1ccc3[nH]c4ccccc4c3c1C(C)(C)C(=C\O)/C=C\2. The number of hydrogen-bond donors (Lipinski definition) is 3. The zero-order valence-electron chi connectivity index (χ0n) is 17.2. The first-order valence-corrected chi connectivity index (χ1v) is 10.1. The first kappa shape index (κ1) is 18.3. The summed E-state index contributed by atoms with van der Waals surface area (Å²) < 4.78 is 0. The molecular weight excluding hydrogens is 368 g/mol. The van der Waals surface area contributed by atoms with Gasteiger partial charge in [-0.1, -0.05) is 63.4 Å². The van der Waals surface area contributed by atoms with Crippen molar-refractivity contribution in [2.24, 2.45) is 0 Å². The summed E-state index contributed by atoms with van der Waals surface area (Å²) in [4.78, 5) is 7.03. The Morgan fingerprint density at radius 1 is 0.933 bits per heavy atom. The van der Waals surface area contributed by atoms with Crippen molar-refractivity contribution in [1.82, 2.24) is 9.97 Å². The van der Waals surface area contributed by atoms with Crippen LogP contribution in [0.15, 0.2) is 67.5 Å². The Bertz CT molecular complexity index is 1410. The third-order valence-electron chi connectivity index (χ3n) is 6.36. The fraction of sp³-hybridized carbons (Fsp3) is 0.111. The van der Waals surface area contributed by atoms with E-state index in [1.807, 2.05) is 30.4 Å². The van der Waals surface area contributed by atoms with Crippen molar-refractivity contribution in [2.45, 2.75) is 19.3 Å². The fourth-order valence-corrected chi connectivity index (χ4v) is 4.87. The van der Waals surface area contributed by atoms with Crippen LogP contribution >= 0.6 is 0 Å². The Labute approximate surface area is 175 Å². The molecule has 0 aliphatic heterocycles. The number of nitrogens with one attached hydrogen (secondary N) is 2. The number of H-pyrrole nitrogens is 2. The van der Waals surface area contributed by atoms with E-state index in [1.54, 1.807) is 0 Å². The van der Waals surface area contributed by atoms with Gasteiger partial charge in [-0.2, -0.15) is 0 Å². The number of aliphatic hydroxyl groups is 1. The number of aromatic amines is 2. The summed E-state index contributed by atoms with van der Waals surface area (Å²) in [5.74, 6) is 0. The zero-order chi connectivity index (χ0) is 21.0. The molecule has 3 heteroatoms. The molecule has 0 bridgehead atoms. The highest BCUT2D eigenvalue weighted by molar-refractivity contribution is 6.12. The van der Waals surface area contributed by atoms with E-state index < -0.39 is 5.41 Å². The smallest absolute Gasteiger partial charge is 0.0832 e. The van der Waals surface area contributed by atoms with Crippen molar-refractivity contribution in [1.29, 1.82) is 0 Å². The first-order chi connectivity index (χ1) is 14.5. The standard InChI is InChI=1S/C27H24N2O/c1-5-17-20(6-2)28-22-13-11-16(15-30)27(3,4)26-19(24(17)22)12-14-23-25(26)18-9-7-8-10-21(18)29-23/h5-15,28-30H,1-2H2,3-4H3/b13-11-,16-15-. The minimum atomic E-state index is -0.424. The molecule has 0 radical (unpaired) electrons. The summed E-state index contributed by atoms with van der Waals surface area (Å²) in [6.07, 6.45) is 8.96.